The quantitative estimate of drug-likeness (QED) is 0.825. The average Bonchev–Trinajstić information content (AvgIpc) is 3.05. The molecule has 0 spiro atoms. The number of aliphatic imine (C=N–C) groups is 1. The molecule has 3 aliphatic rings. The zero-order valence-corrected chi connectivity index (χ0v) is 15.6. The molecular formula is C17H28N4O2S. The van der Waals surface area contributed by atoms with Gasteiger partial charge in [0.1, 0.15) is 5.25 Å². The van der Waals surface area contributed by atoms with Gasteiger partial charge in [-0.25, -0.2) is 12.7 Å². The van der Waals surface area contributed by atoms with E-state index in [-0.39, 0.29) is 5.92 Å². The molecule has 0 aromatic rings. The van der Waals surface area contributed by atoms with Crippen LogP contribution in [0.1, 0.15) is 20.8 Å². The topological polar surface area (TPSA) is 65.0 Å². The fraction of sp³-hybridized carbons (Fsp3) is 0.706. The smallest absolute Gasteiger partial charge is 0.244 e. The SMILES string of the molecule is CC(C)C1=CC(C)C(S(=O)(=O)N2CCN=C2N2CCNCC2)C=C1. The van der Waals surface area contributed by atoms with Crippen molar-refractivity contribution >= 4 is 16.0 Å². The Hall–Kier alpha value is -1.34. The standard InChI is InChI=1S/C17H28N4O2S/c1-13(2)15-4-5-16(14(3)12-15)24(22,23)21-11-8-19-17(21)20-9-6-18-7-10-20/h4-5,12-14,16,18H,6-11H2,1-3H3. The van der Waals surface area contributed by atoms with Crippen LogP contribution in [0.5, 0.6) is 0 Å². The summed E-state index contributed by atoms with van der Waals surface area (Å²) in [6, 6.07) is 0. The summed E-state index contributed by atoms with van der Waals surface area (Å²) in [5, 5.41) is 2.79. The zero-order valence-electron chi connectivity index (χ0n) is 14.8. The summed E-state index contributed by atoms with van der Waals surface area (Å²) >= 11 is 0. The monoisotopic (exact) mass is 352 g/mol. The molecule has 2 atom stereocenters. The number of rotatable bonds is 3. The fourth-order valence-electron chi connectivity index (χ4n) is 3.52. The van der Waals surface area contributed by atoms with E-state index in [2.05, 4.69) is 35.1 Å². The highest BCUT2D eigenvalue weighted by Gasteiger charge is 2.40. The number of hydrogen-bond acceptors (Lipinski definition) is 5. The van der Waals surface area contributed by atoms with E-state index in [1.165, 1.54) is 9.88 Å². The summed E-state index contributed by atoms with van der Waals surface area (Å²) in [6.45, 7) is 10.6. The molecule has 0 bridgehead atoms. The van der Waals surface area contributed by atoms with Gasteiger partial charge in [-0.1, -0.05) is 39.0 Å². The van der Waals surface area contributed by atoms with Gasteiger partial charge in [-0.05, 0) is 17.4 Å². The van der Waals surface area contributed by atoms with Gasteiger partial charge in [0.15, 0.2) is 0 Å². The molecule has 1 N–H and O–H groups in total. The first-order valence-corrected chi connectivity index (χ1v) is 10.3. The molecule has 0 radical (unpaired) electrons. The largest absolute Gasteiger partial charge is 0.339 e. The number of nitrogens with one attached hydrogen (secondary N) is 1. The third-order valence-corrected chi connectivity index (χ3v) is 7.18. The van der Waals surface area contributed by atoms with Gasteiger partial charge in [-0.2, -0.15) is 0 Å². The van der Waals surface area contributed by atoms with Crippen LogP contribution in [0.2, 0.25) is 0 Å². The van der Waals surface area contributed by atoms with Crippen LogP contribution in [0.3, 0.4) is 0 Å². The first kappa shape index (κ1) is 17.5. The van der Waals surface area contributed by atoms with E-state index in [1.54, 1.807) is 0 Å². The maximum atomic E-state index is 13.3. The lowest BCUT2D eigenvalue weighted by Gasteiger charge is -2.35. The molecule has 1 fully saturated rings. The van der Waals surface area contributed by atoms with Crippen molar-refractivity contribution < 1.29 is 8.42 Å². The molecule has 0 aromatic heterocycles. The van der Waals surface area contributed by atoms with E-state index in [0.717, 1.165) is 26.2 Å². The highest BCUT2D eigenvalue weighted by Crippen LogP contribution is 2.29. The summed E-state index contributed by atoms with van der Waals surface area (Å²) < 4.78 is 28.0. The second-order valence-electron chi connectivity index (χ2n) is 7.04. The van der Waals surface area contributed by atoms with Gasteiger partial charge in [-0.15, -0.1) is 0 Å². The molecule has 24 heavy (non-hydrogen) atoms. The van der Waals surface area contributed by atoms with Gasteiger partial charge in [0.25, 0.3) is 0 Å². The highest BCUT2D eigenvalue weighted by molar-refractivity contribution is 7.90. The van der Waals surface area contributed by atoms with Gasteiger partial charge in [0, 0.05) is 26.2 Å². The molecule has 2 unspecified atom stereocenters. The maximum Gasteiger partial charge on any atom is 0.244 e. The van der Waals surface area contributed by atoms with Crippen LogP contribution < -0.4 is 5.32 Å². The Kier molecular flexibility index (Phi) is 5.01. The molecule has 2 heterocycles. The normalized spacial score (nSPS) is 28.3. The van der Waals surface area contributed by atoms with Crippen LogP contribution >= 0.6 is 0 Å². The van der Waals surface area contributed by atoms with Crippen molar-refractivity contribution in [2.75, 3.05) is 39.3 Å². The van der Waals surface area contributed by atoms with E-state index in [4.69, 9.17) is 0 Å². The van der Waals surface area contributed by atoms with E-state index < -0.39 is 15.3 Å². The van der Waals surface area contributed by atoms with Gasteiger partial charge >= 0.3 is 0 Å². The first-order valence-electron chi connectivity index (χ1n) is 8.83. The van der Waals surface area contributed by atoms with Crippen molar-refractivity contribution in [2.24, 2.45) is 16.8 Å². The van der Waals surface area contributed by atoms with Gasteiger partial charge in [0.05, 0.1) is 13.1 Å². The zero-order chi connectivity index (χ0) is 17.3. The molecule has 1 saturated heterocycles. The van der Waals surface area contributed by atoms with Crippen LogP contribution in [-0.2, 0) is 10.0 Å². The first-order chi connectivity index (χ1) is 11.4. The molecule has 1 aliphatic carbocycles. The molecule has 0 saturated carbocycles. The lowest BCUT2D eigenvalue weighted by Crippen LogP contribution is -2.54. The third-order valence-electron chi connectivity index (χ3n) is 4.95. The van der Waals surface area contributed by atoms with Crippen molar-refractivity contribution in [3.63, 3.8) is 0 Å². The summed E-state index contributed by atoms with van der Waals surface area (Å²) in [5.74, 6) is 1.02. The predicted molar refractivity (Wildman–Crippen MR) is 97.4 cm³/mol. The van der Waals surface area contributed by atoms with Crippen LogP contribution in [0.25, 0.3) is 0 Å². The van der Waals surface area contributed by atoms with Gasteiger partial charge < -0.3 is 10.2 Å². The molecule has 0 amide bonds. The van der Waals surface area contributed by atoms with Gasteiger partial charge in [-0.3, -0.25) is 4.99 Å². The Labute approximate surface area is 145 Å². The second-order valence-corrected chi connectivity index (χ2v) is 9.06. The van der Waals surface area contributed by atoms with E-state index >= 15 is 0 Å². The lowest BCUT2D eigenvalue weighted by molar-refractivity contribution is 0.334. The van der Waals surface area contributed by atoms with Crippen LogP contribution in [0, 0.1) is 11.8 Å². The Balaban J connectivity index is 1.80. The van der Waals surface area contributed by atoms with Crippen molar-refractivity contribution in [3.8, 4) is 0 Å². The molecule has 134 valence electrons. The summed E-state index contributed by atoms with van der Waals surface area (Å²) in [4.78, 5) is 6.58. The Bertz CT molecular complexity index is 660. The number of hydrogen-bond donors (Lipinski definition) is 1. The number of allylic oxidation sites excluding steroid dienone is 3. The van der Waals surface area contributed by atoms with E-state index in [9.17, 15) is 8.42 Å². The summed E-state index contributed by atoms with van der Waals surface area (Å²) in [7, 11) is -3.45. The number of piperazine rings is 1. The third kappa shape index (κ3) is 3.24. The Morgan fingerprint density at radius 1 is 1.25 bits per heavy atom. The molecule has 3 rings (SSSR count). The predicted octanol–water partition coefficient (Wildman–Crippen LogP) is 1.05. The number of nitrogens with zero attached hydrogens (tertiary/aromatic N) is 3. The minimum absolute atomic E-state index is 0.0257. The van der Waals surface area contributed by atoms with E-state index in [0.29, 0.717) is 25.0 Å². The Morgan fingerprint density at radius 3 is 2.58 bits per heavy atom. The highest BCUT2D eigenvalue weighted by atomic mass is 32.2. The number of sulfonamides is 1. The molecular weight excluding hydrogens is 324 g/mol. The van der Waals surface area contributed by atoms with Crippen molar-refractivity contribution in [2.45, 2.75) is 26.0 Å². The van der Waals surface area contributed by atoms with Crippen LogP contribution in [0.4, 0.5) is 0 Å². The summed E-state index contributed by atoms with van der Waals surface area (Å²) in [5.41, 5.74) is 1.21. The number of guanidine groups is 1. The van der Waals surface area contributed by atoms with Crippen molar-refractivity contribution in [1.82, 2.24) is 14.5 Å². The van der Waals surface area contributed by atoms with Crippen molar-refractivity contribution in [1.29, 1.82) is 0 Å². The Morgan fingerprint density at radius 2 is 1.96 bits per heavy atom. The molecule has 0 aromatic carbocycles. The minimum atomic E-state index is -3.45. The minimum Gasteiger partial charge on any atom is -0.339 e. The lowest BCUT2D eigenvalue weighted by atomic mass is 9.91. The second kappa shape index (κ2) is 6.88. The van der Waals surface area contributed by atoms with E-state index in [1.807, 2.05) is 19.1 Å². The van der Waals surface area contributed by atoms with Gasteiger partial charge in [0.2, 0.25) is 16.0 Å². The maximum absolute atomic E-state index is 13.3. The molecule has 6 nitrogen and oxygen atoms in total. The average molecular weight is 353 g/mol. The molecule has 7 heteroatoms. The van der Waals surface area contributed by atoms with Crippen molar-refractivity contribution in [3.05, 3.63) is 23.8 Å². The van der Waals surface area contributed by atoms with Crippen LogP contribution in [-0.4, -0.2) is 68.1 Å². The summed E-state index contributed by atoms with van der Waals surface area (Å²) in [6.07, 6.45) is 5.94. The fourth-order valence-corrected chi connectivity index (χ4v) is 5.45. The van der Waals surface area contributed by atoms with Crippen LogP contribution in [0.15, 0.2) is 28.8 Å². The molecule has 2 aliphatic heterocycles.